The normalized spacial score (nSPS) is 30.8. The second-order valence-corrected chi connectivity index (χ2v) is 7.13. The highest BCUT2D eigenvalue weighted by atomic mass is 16.4. The minimum atomic E-state index is -0.715. The molecule has 2 atom stereocenters. The van der Waals surface area contributed by atoms with E-state index in [9.17, 15) is 9.59 Å². The van der Waals surface area contributed by atoms with Gasteiger partial charge in [0.1, 0.15) is 0 Å². The van der Waals surface area contributed by atoms with Crippen LogP contribution in [0.2, 0.25) is 0 Å². The first kappa shape index (κ1) is 16.8. The Kier molecular flexibility index (Phi) is 5.06. The highest BCUT2D eigenvalue weighted by Crippen LogP contribution is 2.28. The Morgan fingerprint density at radius 3 is 2.58 bits per heavy atom. The van der Waals surface area contributed by atoms with Gasteiger partial charge >= 0.3 is 12.0 Å². The molecule has 132 valence electrons. The molecule has 1 aromatic rings. The number of piperidine rings is 1. The van der Waals surface area contributed by atoms with Gasteiger partial charge in [-0.1, -0.05) is 6.92 Å². The summed E-state index contributed by atoms with van der Waals surface area (Å²) in [5.41, 5.74) is 0. The van der Waals surface area contributed by atoms with Crippen molar-refractivity contribution in [2.24, 2.45) is 11.8 Å². The molecule has 1 saturated heterocycles. The van der Waals surface area contributed by atoms with E-state index in [0.717, 1.165) is 25.8 Å². The fourth-order valence-corrected chi connectivity index (χ4v) is 3.84. The number of carbonyl (C=O) groups is 2. The second-order valence-electron chi connectivity index (χ2n) is 7.13. The summed E-state index contributed by atoms with van der Waals surface area (Å²) >= 11 is 0. The van der Waals surface area contributed by atoms with Crippen LogP contribution < -0.4 is 5.32 Å². The van der Waals surface area contributed by atoms with Crippen LogP contribution in [0.4, 0.5) is 4.79 Å². The van der Waals surface area contributed by atoms with E-state index in [-0.39, 0.29) is 24.0 Å². The van der Waals surface area contributed by atoms with Crippen molar-refractivity contribution in [1.82, 2.24) is 19.8 Å². The predicted molar refractivity (Wildman–Crippen MR) is 88.5 cm³/mol. The number of rotatable bonds is 3. The Bertz CT molecular complexity index is 566. The van der Waals surface area contributed by atoms with Gasteiger partial charge in [-0.25, -0.2) is 9.78 Å². The molecule has 3 rings (SSSR count). The zero-order valence-electron chi connectivity index (χ0n) is 14.1. The molecule has 0 aromatic carbocycles. The van der Waals surface area contributed by atoms with Crippen molar-refractivity contribution < 1.29 is 14.7 Å². The average molecular weight is 334 g/mol. The molecule has 0 radical (unpaired) electrons. The van der Waals surface area contributed by atoms with Crippen LogP contribution in [0.15, 0.2) is 18.7 Å². The second kappa shape index (κ2) is 7.23. The van der Waals surface area contributed by atoms with Gasteiger partial charge in [-0.3, -0.25) is 4.79 Å². The number of nitrogens with zero attached hydrogens (tertiary/aromatic N) is 3. The maximum absolute atomic E-state index is 12.6. The molecule has 24 heavy (non-hydrogen) atoms. The summed E-state index contributed by atoms with van der Waals surface area (Å²) in [5.74, 6) is -0.457. The molecule has 7 heteroatoms. The third-order valence-electron chi connectivity index (χ3n) is 5.52. The van der Waals surface area contributed by atoms with E-state index in [4.69, 9.17) is 5.11 Å². The topological polar surface area (TPSA) is 87.5 Å². The van der Waals surface area contributed by atoms with Gasteiger partial charge in [0.05, 0.1) is 18.3 Å². The van der Waals surface area contributed by atoms with E-state index < -0.39 is 5.97 Å². The van der Waals surface area contributed by atoms with Crippen molar-refractivity contribution in [3.63, 3.8) is 0 Å². The van der Waals surface area contributed by atoms with Crippen LogP contribution in [0.3, 0.4) is 0 Å². The van der Waals surface area contributed by atoms with E-state index >= 15 is 0 Å². The van der Waals surface area contributed by atoms with Crippen molar-refractivity contribution in [3.05, 3.63) is 18.7 Å². The SMILES string of the molecule is CC1CCN(C(=O)NC2CCC(C(=O)O)CC2)CC1n1ccnc1. The molecule has 2 heterocycles. The Balaban J connectivity index is 1.53. The lowest BCUT2D eigenvalue weighted by Gasteiger charge is -2.38. The number of urea groups is 1. The first-order chi connectivity index (χ1) is 11.5. The van der Waals surface area contributed by atoms with Gasteiger partial charge in [0.25, 0.3) is 0 Å². The summed E-state index contributed by atoms with van der Waals surface area (Å²) < 4.78 is 2.09. The minimum Gasteiger partial charge on any atom is -0.481 e. The van der Waals surface area contributed by atoms with Gasteiger partial charge in [0.15, 0.2) is 0 Å². The summed E-state index contributed by atoms with van der Waals surface area (Å²) in [4.78, 5) is 29.6. The first-order valence-corrected chi connectivity index (χ1v) is 8.80. The number of likely N-dealkylation sites (tertiary alicyclic amines) is 1. The molecule has 0 spiro atoms. The number of carboxylic acids is 1. The lowest BCUT2D eigenvalue weighted by Crippen LogP contribution is -2.51. The average Bonchev–Trinajstić information content (AvgIpc) is 3.10. The lowest BCUT2D eigenvalue weighted by atomic mass is 9.86. The number of nitrogens with one attached hydrogen (secondary N) is 1. The monoisotopic (exact) mass is 334 g/mol. The van der Waals surface area contributed by atoms with Crippen LogP contribution in [-0.4, -0.2) is 50.7 Å². The van der Waals surface area contributed by atoms with Crippen LogP contribution >= 0.6 is 0 Å². The van der Waals surface area contributed by atoms with Crippen molar-refractivity contribution in [2.45, 2.75) is 51.1 Å². The van der Waals surface area contributed by atoms with Gasteiger partial charge in [-0.2, -0.15) is 0 Å². The maximum atomic E-state index is 12.6. The van der Waals surface area contributed by atoms with Crippen LogP contribution in [0.1, 0.15) is 45.1 Å². The summed E-state index contributed by atoms with van der Waals surface area (Å²) in [6, 6.07) is 0.333. The fourth-order valence-electron chi connectivity index (χ4n) is 3.84. The van der Waals surface area contributed by atoms with E-state index in [1.807, 2.05) is 17.4 Å². The molecule has 1 aliphatic heterocycles. The van der Waals surface area contributed by atoms with Crippen molar-refractivity contribution in [3.8, 4) is 0 Å². The summed E-state index contributed by atoms with van der Waals surface area (Å²) in [6.45, 7) is 3.67. The number of imidazole rings is 1. The number of amides is 2. The van der Waals surface area contributed by atoms with Gasteiger partial charge < -0.3 is 19.9 Å². The van der Waals surface area contributed by atoms with Crippen molar-refractivity contribution >= 4 is 12.0 Å². The van der Waals surface area contributed by atoms with Crippen LogP contribution in [-0.2, 0) is 4.79 Å². The molecule has 7 nitrogen and oxygen atoms in total. The molecule has 0 bridgehead atoms. The fraction of sp³-hybridized carbons (Fsp3) is 0.706. The zero-order valence-corrected chi connectivity index (χ0v) is 14.1. The van der Waals surface area contributed by atoms with Gasteiger partial charge in [0.2, 0.25) is 0 Å². The number of hydrogen-bond donors (Lipinski definition) is 2. The Labute approximate surface area is 142 Å². The standard InChI is InChI=1S/C17H26N4O3/c1-12-6-8-20(10-15(12)21-9-7-18-11-21)17(24)19-14-4-2-13(3-5-14)16(22)23/h7,9,11-15H,2-6,8,10H2,1H3,(H,19,24)(H,22,23). The Morgan fingerprint density at radius 1 is 1.21 bits per heavy atom. The quantitative estimate of drug-likeness (QED) is 0.886. The van der Waals surface area contributed by atoms with Crippen LogP contribution in [0.5, 0.6) is 0 Å². The first-order valence-electron chi connectivity index (χ1n) is 8.80. The minimum absolute atomic E-state index is 0.0224. The number of aromatic nitrogens is 2. The lowest BCUT2D eigenvalue weighted by molar-refractivity contribution is -0.142. The van der Waals surface area contributed by atoms with Crippen molar-refractivity contribution in [2.75, 3.05) is 13.1 Å². The Hall–Kier alpha value is -2.05. The zero-order chi connectivity index (χ0) is 17.1. The molecule has 2 N–H and O–H groups in total. The number of carbonyl (C=O) groups excluding carboxylic acids is 1. The molecule has 2 aliphatic rings. The summed E-state index contributed by atoms with van der Waals surface area (Å²) in [6.07, 6.45) is 9.31. The van der Waals surface area contributed by atoms with Crippen molar-refractivity contribution in [1.29, 1.82) is 0 Å². The third-order valence-corrected chi connectivity index (χ3v) is 5.52. The highest BCUT2D eigenvalue weighted by molar-refractivity contribution is 5.75. The molecule has 1 saturated carbocycles. The highest BCUT2D eigenvalue weighted by Gasteiger charge is 2.32. The van der Waals surface area contributed by atoms with E-state index in [0.29, 0.717) is 25.3 Å². The van der Waals surface area contributed by atoms with Crippen LogP contribution in [0, 0.1) is 11.8 Å². The van der Waals surface area contributed by atoms with E-state index in [1.54, 1.807) is 6.20 Å². The molecule has 2 unspecified atom stereocenters. The van der Waals surface area contributed by atoms with Gasteiger partial charge in [0, 0.05) is 31.5 Å². The predicted octanol–water partition coefficient (Wildman–Crippen LogP) is 2.12. The van der Waals surface area contributed by atoms with E-state index in [1.165, 1.54) is 0 Å². The Morgan fingerprint density at radius 2 is 1.96 bits per heavy atom. The molecular weight excluding hydrogens is 308 g/mol. The largest absolute Gasteiger partial charge is 0.481 e. The van der Waals surface area contributed by atoms with Gasteiger partial charge in [-0.05, 0) is 38.0 Å². The molecule has 1 aromatic heterocycles. The maximum Gasteiger partial charge on any atom is 0.317 e. The van der Waals surface area contributed by atoms with Gasteiger partial charge in [-0.15, -0.1) is 0 Å². The molecule has 1 aliphatic carbocycles. The molecule has 2 fully saturated rings. The summed E-state index contributed by atoms with van der Waals surface area (Å²) in [7, 11) is 0. The van der Waals surface area contributed by atoms with E-state index in [2.05, 4.69) is 21.8 Å². The smallest absolute Gasteiger partial charge is 0.317 e. The number of carboxylic acid groups (broad SMARTS) is 1. The number of hydrogen-bond acceptors (Lipinski definition) is 3. The number of aliphatic carboxylic acids is 1. The summed E-state index contributed by atoms with van der Waals surface area (Å²) in [5, 5.41) is 12.1. The molecule has 2 amide bonds. The third kappa shape index (κ3) is 3.71. The molecular formula is C17H26N4O3. The van der Waals surface area contributed by atoms with Crippen LogP contribution in [0.25, 0.3) is 0 Å².